The van der Waals surface area contributed by atoms with E-state index in [9.17, 15) is 22.8 Å². The molecule has 35 heavy (non-hydrogen) atoms. The molecule has 0 aliphatic rings. The first-order valence-electron chi connectivity index (χ1n) is 11.1. The molecular weight excluding hydrogens is 459 g/mol. The van der Waals surface area contributed by atoms with Gasteiger partial charge in [-0.15, -0.1) is 0 Å². The fourth-order valence-electron chi connectivity index (χ4n) is 3.11. The van der Waals surface area contributed by atoms with Gasteiger partial charge in [0.15, 0.2) is 0 Å². The zero-order chi connectivity index (χ0) is 25.3. The zero-order valence-corrected chi connectivity index (χ0v) is 19.1. The standard InChI is InChI=1S/C26H26F3N3O3/c1-2-3-14-35-23-12-10-20(11-13-23)30-17-24(33)31-21-8-4-6-18(15-21)25(34)32-22-9-5-7-19(16-22)26(27,28)29/h4-13,15-16,30H,2-3,14,17H2,1H3,(H,31,33)(H,32,34). The molecule has 0 unspecified atom stereocenters. The van der Waals surface area contributed by atoms with Crippen molar-refractivity contribution < 1.29 is 27.5 Å². The van der Waals surface area contributed by atoms with Crippen molar-refractivity contribution in [2.24, 2.45) is 0 Å². The van der Waals surface area contributed by atoms with Crippen LogP contribution in [0.4, 0.5) is 30.2 Å². The number of alkyl halides is 3. The summed E-state index contributed by atoms with van der Waals surface area (Å²) in [5.41, 5.74) is 0.477. The zero-order valence-electron chi connectivity index (χ0n) is 19.1. The topological polar surface area (TPSA) is 79.5 Å². The van der Waals surface area contributed by atoms with E-state index >= 15 is 0 Å². The number of halogens is 3. The number of carbonyl (C=O) groups is 2. The van der Waals surface area contributed by atoms with E-state index in [0.29, 0.717) is 12.3 Å². The fraction of sp³-hybridized carbons (Fsp3) is 0.231. The molecule has 184 valence electrons. The van der Waals surface area contributed by atoms with Gasteiger partial charge >= 0.3 is 6.18 Å². The highest BCUT2D eigenvalue weighted by molar-refractivity contribution is 6.05. The third-order valence-electron chi connectivity index (χ3n) is 4.93. The maximum atomic E-state index is 12.9. The van der Waals surface area contributed by atoms with Crippen molar-refractivity contribution in [3.63, 3.8) is 0 Å². The molecule has 0 aliphatic heterocycles. The maximum absolute atomic E-state index is 12.9. The van der Waals surface area contributed by atoms with Gasteiger partial charge in [0.25, 0.3) is 5.91 Å². The van der Waals surface area contributed by atoms with Crippen molar-refractivity contribution in [2.75, 3.05) is 29.1 Å². The number of carbonyl (C=O) groups excluding carboxylic acids is 2. The first-order chi connectivity index (χ1) is 16.7. The molecule has 0 heterocycles. The molecule has 0 fully saturated rings. The SMILES string of the molecule is CCCCOc1ccc(NCC(=O)Nc2cccc(C(=O)Nc3cccc(C(F)(F)F)c3)c2)cc1. The van der Waals surface area contributed by atoms with Crippen LogP contribution in [-0.4, -0.2) is 25.0 Å². The number of amides is 2. The Morgan fingerprint density at radius 1 is 0.857 bits per heavy atom. The fourth-order valence-corrected chi connectivity index (χ4v) is 3.11. The quantitative estimate of drug-likeness (QED) is 0.299. The van der Waals surface area contributed by atoms with E-state index in [2.05, 4.69) is 22.9 Å². The van der Waals surface area contributed by atoms with Crippen LogP contribution in [0.5, 0.6) is 5.75 Å². The van der Waals surface area contributed by atoms with E-state index in [0.717, 1.165) is 36.4 Å². The number of rotatable bonds is 10. The van der Waals surface area contributed by atoms with Gasteiger partial charge in [0.1, 0.15) is 5.75 Å². The largest absolute Gasteiger partial charge is 0.494 e. The second-order valence-corrected chi connectivity index (χ2v) is 7.74. The minimum absolute atomic E-state index is 0.00328. The third kappa shape index (κ3) is 8.06. The van der Waals surface area contributed by atoms with Gasteiger partial charge < -0.3 is 20.7 Å². The minimum atomic E-state index is -4.51. The van der Waals surface area contributed by atoms with Gasteiger partial charge in [-0.25, -0.2) is 0 Å². The van der Waals surface area contributed by atoms with Crippen LogP contribution in [0.1, 0.15) is 35.7 Å². The van der Waals surface area contributed by atoms with Crippen LogP contribution < -0.4 is 20.7 Å². The molecule has 0 bridgehead atoms. The lowest BCUT2D eigenvalue weighted by Gasteiger charge is -2.11. The monoisotopic (exact) mass is 485 g/mol. The lowest BCUT2D eigenvalue weighted by Crippen LogP contribution is -2.22. The highest BCUT2D eigenvalue weighted by Crippen LogP contribution is 2.30. The molecule has 0 spiro atoms. The highest BCUT2D eigenvalue weighted by Gasteiger charge is 2.30. The second-order valence-electron chi connectivity index (χ2n) is 7.74. The average molecular weight is 486 g/mol. The third-order valence-corrected chi connectivity index (χ3v) is 4.93. The van der Waals surface area contributed by atoms with Gasteiger partial charge in [0.2, 0.25) is 5.91 Å². The Kier molecular flexibility index (Phi) is 8.72. The lowest BCUT2D eigenvalue weighted by atomic mass is 10.1. The van der Waals surface area contributed by atoms with Crippen LogP contribution in [0, 0.1) is 0 Å². The molecule has 6 nitrogen and oxygen atoms in total. The number of anilines is 3. The molecule has 0 radical (unpaired) electrons. The number of unbranched alkanes of at least 4 members (excludes halogenated alkanes) is 1. The van der Waals surface area contributed by atoms with Gasteiger partial charge in [0, 0.05) is 22.6 Å². The molecule has 0 aliphatic carbocycles. The molecule has 3 aromatic carbocycles. The Balaban J connectivity index is 1.53. The first-order valence-corrected chi connectivity index (χ1v) is 11.1. The van der Waals surface area contributed by atoms with Crippen LogP contribution >= 0.6 is 0 Å². The highest BCUT2D eigenvalue weighted by atomic mass is 19.4. The van der Waals surface area contributed by atoms with Crippen LogP contribution in [0.15, 0.2) is 72.8 Å². The van der Waals surface area contributed by atoms with Gasteiger partial charge in [0.05, 0.1) is 18.7 Å². The summed E-state index contributed by atoms with van der Waals surface area (Å²) in [5, 5.41) is 8.14. The van der Waals surface area contributed by atoms with Crippen LogP contribution in [0.25, 0.3) is 0 Å². The molecule has 3 rings (SSSR count). The number of benzene rings is 3. The smallest absolute Gasteiger partial charge is 0.416 e. The molecule has 3 N–H and O–H groups in total. The number of hydrogen-bond donors (Lipinski definition) is 3. The van der Waals surface area contributed by atoms with Gasteiger partial charge in [-0.05, 0) is 67.1 Å². The Labute approximate surface area is 201 Å². The predicted molar refractivity (Wildman–Crippen MR) is 130 cm³/mol. The maximum Gasteiger partial charge on any atom is 0.416 e. The van der Waals surface area contributed by atoms with E-state index in [1.807, 2.05) is 24.3 Å². The molecule has 3 aromatic rings. The molecular formula is C26H26F3N3O3. The summed E-state index contributed by atoms with van der Waals surface area (Å²) in [5.74, 6) is -0.169. The van der Waals surface area contributed by atoms with Crippen molar-refractivity contribution >= 4 is 28.9 Å². The van der Waals surface area contributed by atoms with E-state index in [1.54, 1.807) is 12.1 Å². The summed E-state index contributed by atoms with van der Waals surface area (Å²) >= 11 is 0. The van der Waals surface area contributed by atoms with Crippen LogP contribution in [0.2, 0.25) is 0 Å². The Morgan fingerprint density at radius 3 is 2.23 bits per heavy atom. The molecule has 0 saturated carbocycles. The summed E-state index contributed by atoms with van der Waals surface area (Å²) in [6.07, 6.45) is -2.48. The van der Waals surface area contributed by atoms with Crippen molar-refractivity contribution in [1.82, 2.24) is 0 Å². The number of hydrogen-bond acceptors (Lipinski definition) is 4. The van der Waals surface area contributed by atoms with Gasteiger partial charge in [-0.2, -0.15) is 13.2 Å². The van der Waals surface area contributed by atoms with E-state index < -0.39 is 17.6 Å². The Morgan fingerprint density at radius 2 is 1.54 bits per heavy atom. The average Bonchev–Trinajstić information content (AvgIpc) is 2.83. The van der Waals surface area contributed by atoms with Crippen molar-refractivity contribution in [1.29, 1.82) is 0 Å². The van der Waals surface area contributed by atoms with Gasteiger partial charge in [-0.3, -0.25) is 9.59 Å². The Bertz CT molecular complexity index is 1150. The van der Waals surface area contributed by atoms with Crippen molar-refractivity contribution in [2.45, 2.75) is 25.9 Å². The van der Waals surface area contributed by atoms with Crippen molar-refractivity contribution in [3.05, 3.63) is 83.9 Å². The van der Waals surface area contributed by atoms with E-state index in [4.69, 9.17) is 4.74 Å². The predicted octanol–water partition coefficient (Wildman–Crippen LogP) is 6.19. The molecule has 0 saturated heterocycles. The molecule has 0 aromatic heterocycles. The summed E-state index contributed by atoms with van der Waals surface area (Å²) in [6, 6.07) is 17.8. The van der Waals surface area contributed by atoms with Crippen molar-refractivity contribution in [3.8, 4) is 5.75 Å². The summed E-state index contributed by atoms with van der Waals surface area (Å²) in [4.78, 5) is 24.8. The lowest BCUT2D eigenvalue weighted by molar-refractivity contribution is -0.137. The normalized spacial score (nSPS) is 11.0. The van der Waals surface area contributed by atoms with Crippen LogP contribution in [0.3, 0.4) is 0 Å². The number of nitrogens with one attached hydrogen (secondary N) is 3. The second kappa shape index (κ2) is 11.9. The molecule has 2 amide bonds. The van der Waals surface area contributed by atoms with Crippen LogP contribution in [-0.2, 0) is 11.0 Å². The van der Waals surface area contributed by atoms with Gasteiger partial charge in [-0.1, -0.05) is 25.5 Å². The Hall–Kier alpha value is -4.01. The molecule has 0 atom stereocenters. The number of ether oxygens (including phenoxy) is 1. The minimum Gasteiger partial charge on any atom is -0.494 e. The molecule has 9 heteroatoms. The summed E-state index contributed by atoms with van der Waals surface area (Å²) < 4.78 is 44.3. The first kappa shape index (κ1) is 25.6. The summed E-state index contributed by atoms with van der Waals surface area (Å²) in [7, 11) is 0. The van der Waals surface area contributed by atoms with E-state index in [1.165, 1.54) is 24.3 Å². The summed E-state index contributed by atoms with van der Waals surface area (Å²) in [6.45, 7) is 2.74. The van der Waals surface area contributed by atoms with E-state index in [-0.39, 0.29) is 23.7 Å².